The highest BCUT2D eigenvalue weighted by atomic mass is 35.5. The number of amides is 1. The number of para-hydroxylation sites is 1. The van der Waals surface area contributed by atoms with Crippen molar-refractivity contribution in [3.63, 3.8) is 0 Å². The molecule has 1 fully saturated rings. The van der Waals surface area contributed by atoms with E-state index in [-0.39, 0.29) is 6.09 Å². The number of hydrogen-bond donors (Lipinski definition) is 0. The van der Waals surface area contributed by atoms with Gasteiger partial charge in [0.1, 0.15) is 5.60 Å². The minimum atomic E-state index is -0.471. The number of piperazine rings is 1. The Morgan fingerprint density at radius 1 is 0.964 bits per heavy atom. The van der Waals surface area contributed by atoms with Crippen LogP contribution in [0.25, 0.3) is 0 Å². The molecular formula is C23H29ClN2O2. The summed E-state index contributed by atoms with van der Waals surface area (Å²) in [6, 6.07) is 16.6. The summed E-state index contributed by atoms with van der Waals surface area (Å²) in [5.41, 5.74) is 3.20. The van der Waals surface area contributed by atoms with Crippen LogP contribution in [-0.2, 0) is 17.6 Å². The maximum atomic E-state index is 12.3. The van der Waals surface area contributed by atoms with Gasteiger partial charge in [-0.1, -0.05) is 54.1 Å². The van der Waals surface area contributed by atoms with Crippen LogP contribution in [0, 0.1) is 0 Å². The molecule has 28 heavy (non-hydrogen) atoms. The average Bonchev–Trinajstić information content (AvgIpc) is 2.66. The van der Waals surface area contributed by atoms with Gasteiger partial charge in [0.25, 0.3) is 0 Å². The van der Waals surface area contributed by atoms with Crippen molar-refractivity contribution in [1.82, 2.24) is 4.90 Å². The van der Waals surface area contributed by atoms with Crippen LogP contribution < -0.4 is 4.90 Å². The molecule has 0 aliphatic carbocycles. The first kappa shape index (κ1) is 20.5. The van der Waals surface area contributed by atoms with E-state index in [0.29, 0.717) is 13.1 Å². The molecule has 5 heteroatoms. The van der Waals surface area contributed by atoms with Crippen LogP contribution >= 0.6 is 11.6 Å². The fourth-order valence-electron chi connectivity index (χ4n) is 3.48. The lowest BCUT2D eigenvalue weighted by Crippen LogP contribution is -2.50. The summed E-state index contributed by atoms with van der Waals surface area (Å²) in [6.45, 7) is 8.46. The first-order valence-corrected chi connectivity index (χ1v) is 10.3. The zero-order chi connectivity index (χ0) is 20.1. The third-order valence-corrected chi connectivity index (χ3v) is 5.15. The number of carbonyl (C=O) groups excluding carboxylic acids is 1. The Hall–Kier alpha value is -2.20. The van der Waals surface area contributed by atoms with Crippen molar-refractivity contribution in [2.45, 2.75) is 39.2 Å². The SMILES string of the molecule is CC(C)(C)OC(=O)N1CCN(c2c(Cl)cccc2CCc2ccccc2)CC1. The molecule has 150 valence electrons. The molecule has 0 spiro atoms. The molecule has 1 aliphatic rings. The first-order chi connectivity index (χ1) is 13.3. The summed E-state index contributed by atoms with van der Waals surface area (Å²) in [6.07, 6.45) is 1.67. The van der Waals surface area contributed by atoms with Crippen LogP contribution in [0.4, 0.5) is 10.5 Å². The molecule has 0 atom stereocenters. The van der Waals surface area contributed by atoms with Crippen LogP contribution in [0.5, 0.6) is 0 Å². The Labute approximate surface area is 173 Å². The molecule has 1 heterocycles. The second-order valence-corrected chi connectivity index (χ2v) is 8.59. The van der Waals surface area contributed by atoms with E-state index in [4.69, 9.17) is 16.3 Å². The summed E-state index contributed by atoms with van der Waals surface area (Å²) in [4.78, 5) is 16.4. The maximum absolute atomic E-state index is 12.3. The van der Waals surface area contributed by atoms with Crippen molar-refractivity contribution in [3.8, 4) is 0 Å². The van der Waals surface area contributed by atoms with Crippen LogP contribution in [0.1, 0.15) is 31.9 Å². The highest BCUT2D eigenvalue weighted by Crippen LogP contribution is 2.32. The molecule has 0 radical (unpaired) electrons. The number of nitrogens with zero attached hydrogens (tertiary/aromatic N) is 2. The van der Waals surface area contributed by atoms with Crippen molar-refractivity contribution in [2.24, 2.45) is 0 Å². The molecule has 0 saturated carbocycles. The van der Waals surface area contributed by atoms with Gasteiger partial charge in [-0.2, -0.15) is 0 Å². The second kappa shape index (κ2) is 8.87. The van der Waals surface area contributed by atoms with Gasteiger partial charge in [-0.3, -0.25) is 0 Å². The van der Waals surface area contributed by atoms with Crippen molar-refractivity contribution < 1.29 is 9.53 Å². The van der Waals surface area contributed by atoms with Crippen LogP contribution in [0.2, 0.25) is 5.02 Å². The molecule has 1 amide bonds. The van der Waals surface area contributed by atoms with E-state index in [0.717, 1.165) is 36.6 Å². The molecular weight excluding hydrogens is 372 g/mol. The van der Waals surface area contributed by atoms with E-state index in [9.17, 15) is 4.79 Å². The molecule has 0 aromatic heterocycles. The molecule has 4 nitrogen and oxygen atoms in total. The first-order valence-electron chi connectivity index (χ1n) is 9.88. The highest BCUT2D eigenvalue weighted by Gasteiger charge is 2.27. The predicted molar refractivity (Wildman–Crippen MR) is 115 cm³/mol. The maximum Gasteiger partial charge on any atom is 0.410 e. The summed E-state index contributed by atoms with van der Waals surface area (Å²) < 4.78 is 5.50. The van der Waals surface area contributed by atoms with E-state index < -0.39 is 5.60 Å². The Morgan fingerprint density at radius 3 is 2.29 bits per heavy atom. The van der Waals surface area contributed by atoms with E-state index >= 15 is 0 Å². The normalized spacial score (nSPS) is 14.9. The van der Waals surface area contributed by atoms with Crippen molar-refractivity contribution in [3.05, 3.63) is 64.7 Å². The number of anilines is 1. The number of hydrogen-bond acceptors (Lipinski definition) is 3. The molecule has 2 aromatic carbocycles. The summed E-state index contributed by atoms with van der Waals surface area (Å²) >= 11 is 6.58. The van der Waals surface area contributed by atoms with Gasteiger partial charge in [0.05, 0.1) is 10.7 Å². The van der Waals surface area contributed by atoms with E-state index in [1.54, 1.807) is 4.90 Å². The van der Waals surface area contributed by atoms with Crippen LogP contribution in [0.3, 0.4) is 0 Å². The van der Waals surface area contributed by atoms with Gasteiger partial charge in [-0.25, -0.2) is 4.79 Å². The van der Waals surface area contributed by atoms with Gasteiger partial charge in [0, 0.05) is 26.2 Å². The van der Waals surface area contributed by atoms with Gasteiger partial charge in [0.2, 0.25) is 0 Å². The average molecular weight is 401 g/mol. The van der Waals surface area contributed by atoms with Crippen LogP contribution in [0.15, 0.2) is 48.5 Å². The molecule has 0 bridgehead atoms. The standard InChI is InChI=1S/C23H29ClN2O2/c1-23(2,3)28-22(27)26-16-14-25(15-17-26)21-19(10-7-11-20(21)24)13-12-18-8-5-4-6-9-18/h4-11H,12-17H2,1-3H3. The second-order valence-electron chi connectivity index (χ2n) is 8.19. The number of aryl methyl sites for hydroxylation is 2. The smallest absolute Gasteiger partial charge is 0.410 e. The van der Waals surface area contributed by atoms with Crippen LogP contribution in [-0.4, -0.2) is 42.8 Å². The lowest BCUT2D eigenvalue weighted by Gasteiger charge is -2.38. The third-order valence-electron chi connectivity index (χ3n) is 4.84. The summed E-state index contributed by atoms with van der Waals surface area (Å²) in [5, 5.41) is 0.774. The zero-order valence-corrected chi connectivity index (χ0v) is 17.7. The minimum Gasteiger partial charge on any atom is -0.444 e. The topological polar surface area (TPSA) is 32.8 Å². The number of halogens is 1. The van der Waals surface area contributed by atoms with Crippen molar-refractivity contribution >= 4 is 23.4 Å². The molecule has 1 aliphatic heterocycles. The van der Waals surface area contributed by atoms with Crippen molar-refractivity contribution in [2.75, 3.05) is 31.1 Å². The van der Waals surface area contributed by atoms with E-state index in [1.807, 2.05) is 39.0 Å². The Kier molecular flexibility index (Phi) is 6.50. The Bertz CT molecular complexity index is 794. The molecule has 0 unspecified atom stereocenters. The van der Waals surface area contributed by atoms with Gasteiger partial charge in [-0.05, 0) is 50.8 Å². The zero-order valence-electron chi connectivity index (χ0n) is 17.0. The molecule has 2 aromatic rings. The third kappa shape index (κ3) is 5.41. The monoisotopic (exact) mass is 400 g/mol. The predicted octanol–water partition coefficient (Wildman–Crippen LogP) is 5.18. The largest absolute Gasteiger partial charge is 0.444 e. The van der Waals surface area contributed by atoms with Gasteiger partial charge < -0.3 is 14.5 Å². The molecule has 0 N–H and O–H groups in total. The number of carbonyl (C=O) groups is 1. The number of benzene rings is 2. The Morgan fingerprint density at radius 2 is 1.64 bits per heavy atom. The van der Waals surface area contributed by atoms with Crippen molar-refractivity contribution in [1.29, 1.82) is 0 Å². The number of ether oxygens (including phenoxy) is 1. The van der Waals surface area contributed by atoms with Gasteiger partial charge >= 0.3 is 6.09 Å². The van der Waals surface area contributed by atoms with Gasteiger partial charge in [0.15, 0.2) is 0 Å². The number of rotatable bonds is 4. The minimum absolute atomic E-state index is 0.240. The fraction of sp³-hybridized carbons (Fsp3) is 0.435. The highest BCUT2D eigenvalue weighted by molar-refractivity contribution is 6.33. The molecule has 1 saturated heterocycles. The summed E-state index contributed by atoms with van der Waals surface area (Å²) in [7, 11) is 0. The quantitative estimate of drug-likeness (QED) is 0.708. The Balaban J connectivity index is 1.66. The van der Waals surface area contributed by atoms with E-state index in [1.165, 1.54) is 11.1 Å². The fourth-order valence-corrected chi connectivity index (χ4v) is 3.79. The van der Waals surface area contributed by atoms with Gasteiger partial charge in [-0.15, -0.1) is 0 Å². The van der Waals surface area contributed by atoms with E-state index in [2.05, 4.69) is 35.2 Å². The summed E-state index contributed by atoms with van der Waals surface area (Å²) in [5.74, 6) is 0. The lowest BCUT2D eigenvalue weighted by molar-refractivity contribution is 0.0240. The lowest BCUT2D eigenvalue weighted by atomic mass is 10.0. The molecule has 3 rings (SSSR count).